The van der Waals surface area contributed by atoms with Gasteiger partial charge in [0.1, 0.15) is 17.1 Å². The molecule has 0 aliphatic heterocycles. The molecule has 0 unspecified atom stereocenters. The summed E-state index contributed by atoms with van der Waals surface area (Å²) in [6.07, 6.45) is -4.37. The maximum Gasteiger partial charge on any atom is 0.405 e. The number of nitrogens with zero attached hydrogens (tertiary/aromatic N) is 2. The van der Waals surface area contributed by atoms with Crippen LogP contribution in [0.3, 0.4) is 0 Å². The lowest BCUT2D eigenvalue weighted by Crippen LogP contribution is -2.34. The normalized spacial score (nSPS) is 11.4. The van der Waals surface area contributed by atoms with Crippen LogP contribution in [0, 0.1) is 0 Å². The highest BCUT2D eigenvalue weighted by Gasteiger charge is 2.33. The van der Waals surface area contributed by atoms with Crippen molar-refractivity contribution in [1.82, 2.24) is 4.37 Å². The van der Waals surface area contributed by atoms with Crippen LogP contribution in [0.4, 0.5) is 24.0 Å². The molecular formula is C9H12F3N3O2S. The standard InChI is InChI=1S/C9H12F3N3O2S/c1-3-15(4-9(10,11)12)7-5(8(16)17-2)6(13)14-18-7/h3-4H2,1-2H3,(H2,13,14). The number of anilines is 2. The molecule has 0 aromatic carbocycles. The molecule has 0 bridgehead atoms. The summed E-state index contributed by atoms with van der Waals surface area (Å²) in [5.74, 6) is -0.917. The second-order valence-electron chi connectivity index (χ2n) is 3.37. The van der Waals surface area contributed by atoms with Gasteiger partial charge in [-0.2, -0.15) is 17.5 Å². The number of carbonyl (C=O) groups excluding carboxylic acids is 1. The van der Waals surface area contributed by atoms with E-state index in [1.165, 1.54) is 0 Å². The van der Waals surface area contributed by atoms with E-state index in [1.54, 1.807) is 6.92 Å². The van der Waals surface area contributed by atoms with Crippen LogP contribution in [0.15, 0.2) is 0 Å². The van der Waals surface area contributed by atoms with Gasteiger partial charge < -0.3 is 15.4 Å². The molecule has 2 N–H and O–H groups in total. The smallest absolute Gasteiger partial charge is 0.405 e. The molecule has 0 saturated carbocycles. The van der Waals surface area contributed by atoms with Gasteiger partial charge in [0, 0.05) is 6.54 Å². The molecule has 9 heteroatoms. The number of hydrogen-bond acceptors (Lipinski definition) is 6. The first-order valence-electron chi connectivity index (χ1n) is 4.95. The van der Waals surface area contributed by atoms with E-state index >= 15 is 0 Å². The zero-order valence-corrected chi connectivity index (χ0v) is 10.6. The molecule has 1 aromatic rings. The van der Waals surface area contributed by atoms with Gasteiger partial charge in [0.05, 0.1) is 7.11 Å². The first kappa shape index (κ1) is 14.6. The first-order valence-corrected chi connectivity index (χ1v) is 5.72. The van der Waals surface area contributed by atoms with Gasteiger partial charge in [-0.1, -0.05) is 0 Å². The summed E-state index contributed by atoms with van der Waals surface area (Å²) >= 11 is 0.743. The lowest BCUT2D eigenvalue weighted by Gasteiger charge is -2.23. The average molecular weight is 283 g/mol. The monoisotopic (exact) mass is 283 g/mol. The lowest BCUT2D eigenvalue weighted by molar-refractivity contribution is -0.119. The van der Waals surface area contributed by atoms with Crippen LogP contribution in [0.5, 0.6) is 0 Å². The van der Waals surface area contributed by atoms with Gasteiger partial charge >= 0.3 is 12.1 Å². The van der Waals surface area contributed by atoms with Crippen molar-refractivity contribution < 1.29 is 22.7 Å². The predicted molar refractivity (Wildman–Crippen MR) is 61.8 cm³/mol. The van der Waals surface area contributed by atoms with Crippen molar-refractivity contribution in [3.8, 4) is 0 Å². The predicted octanol–water partition coefficient (Wildman–Crippen LogP) is 1.90. The minimum Gasteiger partial charge on any atom is -0.465 e. The molecule has 0 spiro atoms. The molecule has 0 amide bonds. The van der Waals surface area contributed by atoms with Gasteiger partial charge in [-0.15, -0.1) is 0 Å². The Kier molecular flexibility index (Phi) is 4.38. The van der Waals surface area contributed by atoms with E-state index in [-0.39, 0.29) is 22.9 Å². The molecule has 102 valence electrons. The third kappa shape index (κ3) is 3.25. The summed E-state index contributed by atoms with van der Waals surface area (Å²) in [5.41, 5.74) is 5.35. The summed E-state index contributed by atoms with van der Waals surface area (Å²) in [5, 5.41) is 0.0687. The second kappa shape index (κ2) is 5.42. The molecule has 1 rings (SSSR count). The number of ether oxygens (including phenoxy) is 1. The number of hydrogen-bond donors (Lipinski definition) is 1. The van der Waals surface area contributed by atoms with Crippen molar-refractivity contribution in [2.24, 2.45) is 0 Å². The topological polar surface area (TPSA) is 68.5 Å². The maximum atomic E-state index is 12.4. The van der Waals surface area contributed by atoms with Gasteiger partial charge in [-0.3, -0.25) is 0 Å². The second-order valence-corrected chi connectivity index (χ2v) is 4.12. The highest BCUT2D eigenvalue weighted by atomic mass is 32.1. The highest BCUT2D eigenvalue weighted by Crippen LogP contribution is 2.33. The van der Waals surface area contributed by atoms with Crippen LogP contribution >= 0.6 is 11.5 Å². The maximum absolute atomic E-state index is 12.4. The molecule has 0 aliphatic carbocycles. The third-order valence-electron chi connectivity index (χ3n) is 2.13. The number of halogens is 3. The number of nitrogens with two attached hydrogens (primary N) is 1. The van der Waals surface area contributed by atoms with E-state index in [1.807, 2.05) is 0 Å². The molecule has 5 nitrogen and oxygen atoms in total. The van der Waals surface area contributed by atoms with Crippen LogP contribution in [0.2, 0.25) is 0 Å². The number of alkyl halides is 3. The first-order chi connectivity index (χ1) is 8.30. The van der Waals surface area contributed by atoms with E-state index in [0.29, 0.717) is 0 Å². The largest absolute Gasteiger partial charge is 0.465 e. The fourth-order valence-corrected chi connectivity index (χ4v) is 2.21. The number of methoxy groups -OCH3 is 1. The van der Waals surface area contributed by atoms with E-state index in [0.717, 1.165) is 23.5 Å². The van der Waals surface area contributed by atoms with Crippen molar-refractivity contribution in [2.75, 3.05) is 30.8 Å². The Hall–Kier alpha value is -1.51. The van der Waals surface area contributed by atoms with Crippen LogP contribution in [-0.2, 0) is 4.74 Å². The molecule has 0 radical (unpaired) electrons. The Morgan fingerprint density at radius 1 is 1.56 bits per heavy atom. The van der Waals surface area contributed by atoms with Gasteiger partial charge in [-0.05, 0) is 18.5 Å². The highest BCUT2D eigenvalue weighted by molar-refractivity contribution is 7.11. The fourth-order valence-electron chi connectivity index (χ4n) is 1.35. The van der Waals surface area contributed by atoms with Crippen LogP contribution < -0.4 is 10.6 Å². The summed E-state index contributed by atoms with van der Waals surface area (Å²) in [6, 6.07) is 0. The molecule has 0 atom stereocenters. The van der Waals surface area contributed by atoms with E-state index in [2.05, 4.69) is 9.11 Å². The minimum absolute atomic E-state index is 0.0687. The third-order valence-corrected chi connectivity index (χ3v) is 3.05. The molecule has 0 aliphatic rings. The summed E-state index contributed by atoms with van der Waals surface area (Å²) in [6.45, 7) is 0.447. The zero-order chi connectivity index (χ0) is 13.9. The van der Waals surface area contributed by atoms with Crippen molar-refractivity contribution in [3.63, 3.8) is 0 Å². The van der Waals surface area contributed by atoms with Gasteiger partial charge in [0.15, 0.2) is 5.82 Å². The minimum atomic E-state index is -4.37. The SMILES string of the molecule is CCN(CC(F)(F)F)c1snc(N)c1C(=O)OC. The van der Waals surface area contributed by atoms with E-state index in [9.17, 15) is 18.0 Å². The Bertz CT molecular complexity index is 433. The molecule has 0 fully saturated rings. The van der Waals surface area contributed by atoms with Crippen LogP contribution in [-0.4, -0.2) is 36.7 Å². The van der Waals surface area contributed by atoms with Gasteiger partial charge in [0.25, 0.3) is 0 Å². The Balaban J connectivity index is 3.10. The molecule has 0 saturated heterocycles. The van der Waals surface area contributed by atoms with Gasteiger partial charge in [0.2, 0.25) is 0 Å². The number of nitrogen functional groups attached to an aromatic ring is 1. The average Bonchev–Trinajstić information content (AvgIpc) is 2.65. The van der Waals surface area contributed by atoms with Crippen molar-refractivity contribution in [3.05, 3.63) is 5.56 Å². The fraction of sp³-hybridized carbons (Fsp3) is 0.556. The molecular weight excluding hydrogens is 271 g/mol. The zero-order valence-electron chi connectivity index (χ0n) is 9.74. The lowest BCUT2D eigenvalue weighted by atomic mass is 10.3. The summed E-state index contributed by atoms with van der Waals surface area (Å²) in [7, 11) is 1.13. The number of rotatable bonds is 4. The van der Waals surface area contributed by atoms with Crippen molar-refractivity contribution in [2.45, 2.75) is 13.1 Å². The van der Waals surface area contributed by atoms with Crippen LogP contribution in [0.25, 0.3) is 0 Å². The number of esters is 1. The quantitative estimate of drug-likeness (QED) is 0.855. The Morgan fingerprint density at radius 2 is 2.17 bits per heavy atom. The van der Waals surface area contributed by atoms with E-state index < -0.39 is 18.7 Å². The summed E-state index contributed by atoms with van der Waals surface area (Å²) < 4.78 is 45.4. The summed E-state index contributed by atoms with van der Waals surface area (Å²) in [4.78, 5) is 12.4. The van der Waals surface area contributed by atoms with E-state index in [4.69, 9.17) is 5.73 Å². The Morgan fingerprint density at radius 3 is 2.61 bits per heavy atom. The number of carbonyl (C=O) groups is 1. The van der Waals surface area contributed by atoms with Gasteiger partial charge in [-0.25, -0.2) is 4.79 Å². The van der Waals surface area contributed by atoms with Crippen molar-refractivity contribution in [1.29, 1.82) is 0 Å². The number of aromatic nitrogens is 1. The van der Waals surface area contributed by atoms with Crippen LogP contribution in [0.1, 0.15) is 17.3 Å². The molecule has 1 aromatic heterocycles. The Labute approximate surface area is 105 Å². The van der Waals surface area contributed by atoms with Crippen molar-refractivity contribution >= 4 is 28.3 Å². The molecule has 18 heavy (non-hydrogen) atoms. The molecule has 1 heterocycles.